The smallest absolute Gasteiger partial charge is 0.475 e. The number of alkyl halides is 3. The Bertz CT molecular complexity index is 1160. The summed E-state index contributed by atoms with van der Waals surface area (Å²) in [6.45, 7) is 3.43. The summed E-state index contributed by atoms with van der Waals surface area (Å²) in [6, 6.07) is 23.6. The molecule has 2 N–H and O–H groups in total. The van der Waals surface area contributed by atoms with Gasteiger partial charge in [0.2, 0.25) is 0 Å². The average molecular weight is 505 g/mol. The number of hydrogen-bond donors (Lipinski definition) is 2. The molecule has 0 aliphatic carbocycles. The normalized spacial score (nSPS) is 13.6. The third-order valence-electron chi connectivity index (χ3n) is 5.34. The van der Waals surface area contributed by atoms with Crippen LogP contribution in [0.1, 0.15) is 28.8 Å². The van der Waals surface area contributed by atoms with E-state index in [-0.39, 0.29) is 5.91 Å². The lowest BCUT2D eigenvalue weighted by Crippen LogP contribution is -2.21. The van der Waals surface area contributed by atoms with Gasteiger partial charge >= 0.3 is 12.1 Å². The Morgan fingerprint density at radius 2 is 1.54 bits per heavy atom. The number of halogens is 4. The zero-order chi connectivity index (χ0) is 25.4. The van der Waals surface area contributed by atoms with Gasteiger partial charge in [-0.25, -0.2) is 4.79 Å². The van der Waals surface area contributed by atoms with E-state index in [1.165, 1.54) is 31.5 Å². The molecule has 3 aromatic rings. The van der Waals surface area contributed by atoms with Crippen molar-refractivity contribution in [3.8, 4) is 11.1 Å². The maximum absolute atomic E-state index is 12.4. The van der Waals surface area contributed by atoms with Crippen LogP contribution in [0.3, 0.4) is 0 Å². The third-order valence-corrected chi connectivity index (χ3v) is 5.58. The Kier molecular flexibility index (Phi) is 8.89. The van der Waals surface area contributed by atoms with Gasteiger partial charge in [-0.2, -0.15) is 13.2 Å². The Labute approximate surface area is 206 Å². The highest BCUT2D eigenvalue weighted by Gasteiger charge is 2.38. The first-order valence-corrected chi connectivity index (χ1v) is 11.3. The van der Waals surface area contributed by atoms with E-state index in [9.17, 15) is 18.0 Å². The number of anilines is 1. The van der Waals surface area contributed by atoms with E-state index in [0.29, 0.717) is 10.6 Å². The number of carbonyl (C=O) groups is 2. The zero-order valence-electron chi connectivity index (χ0n) is 18.7. The highest BCUT2D eigenvalue weighted by atomic mass is 35.5. The van der Waals surface area contributed by atoms with Crippen LogP contribution in [-0.4, -0.2) is 41.1 Å². The van der Waals surface area contributed by atoms with E-state index in [1.807, 2.05) is 18.2 Å². The Balaban J connectivity index is 0.000000429. The molecule has 1 aliphatic heterocycles. The van der Waals surface area contributed by atoms with Gasteiger partial charge < -0.3 is 10.4 Å². The van der Waals surface area contributed by atoms with Crippen molar-refractivity contribution in [2.24, 2.45) is 0 Å². The number of carbonyl (C=O) groups excluding carboxylic acids is 1. The Morgan fingerprint density at radius 3 is 2.14 bits per heavy atom. The molecule has 9 heteroatoms. The van der Waals surface area contributed by atoms with Gasteiger partial charge in [-0.3, -0.25) is 9.69 Å². The molecule has 0 spiro atoms. The van der Waals surface area contributed by atoms with Crippen LogP contribution in [0.2, 0.25) is 5.02 Å². The molecule has 1 saturated heterocycles. The molecule has 1 fully saturated rings. The lowest BCUT2D eigenvalue weighted by molar-refractivity contribution is -0.192. The number of nitrogens with one attached hydrogen (secondary N) is 1. The maximum Gasteiger partial charge on any atom is 0.490 e. The van der Waals surface area contributed by atoms with Crippen molar-refractivity contribution < 1.29 is 27.9 Å². The molecular formula is C26H24ClF3N2O3. The summed E-state index contributed by atoms with van der Waals surface area (Å²) >= 11 is 5.98. The molecule has 0 radical (unpaired) electrons. The number of nitrogens with zero attached hydrogens (tertiary/aromatic N) is 1. The fourth-order valence-electron chi connectivity index (χ4n) is 3.61. The number of carboxylic acid groups (broad SMARTS) is 1. The van der Waals surface area contributed by atoms with E-state index in [0.717, 1.165) is 23.4 Å². The maximum atomic E-state index is 12.4. The van der Waals surface area contributed by atoms with Crippen LogP contribution in [0.15, 0.2) is 72.8 Å². The molecule has 5 nitrogen and oxygen atoms in total. The van der Waals surface area contributed by atoms with Gasteiger partial charge in [0.05, 0.1) is 0 Å². The molecular weight excluding hydrogens is 481 g/mol. The van der Waals surface area contributed by atoms with Crippen LogP contribution < -0.4 is 5.32 Å². The number of hydrogen-bond acceptors (Lipinski definition) is 3. The first kappa shape index (κ1) is 26.2. The SMILES string of the molecule is O=C(Nc1cccc(-c2ccc(CN3CCCC3)cc2)c1)c1cccc(Cl)c1.O=C(O)C(F)(F)F. The topological polar surface area (TPSA) is 69.6 Å². The van der Waals surface area contributed by atoms with Gasteiger partial charge in [-0.05, 0) is 73.0 Å². The van der Waals surface area contributed by atoms with Gasteiger partial charge in [0.1, 0.15) is 0 Å². The fraction of sp³-hybridized carbons (Fsp3) is 0.231. The minimum Gasteiger partial charge on any atom is -0.475 e. The van der Waals surface area contributed by atoms with Crippen molar-refractivity contribution in [2.75, 3.05) is 18.4 Å². The van der Waals surface area contributed by atoms with Crippen LogP contribution in [0.4, 0.5) is 18.9 Å². The van der Waals surface area contributed by atoms with E-state index in [2.05, 4.69) is 40.5 Å². The standard InChI is InChI=1S/C24H23ClN2O.C2HF3O2/c25-22-7-3-6-21(15-22)24(28)26-23-8-4-5-20(16-23)19-11-9-18(10-12-19)17-27-13-1-2-14-27;3-2(4,5)1(6)7/h3-12,15-16H,1-2,13-14,17H2,(H,26,28);(H,6,7). The summed E-state index contributed by atoms with van der Waals surface area (Å²) in [6.07, 6.45) is -2.46. The van der Waals surface area contributed by atoms with E-state index in [1.54, 1.807) is 24.3 Å². The van der Waals surface area contributed by atoms with Crippen LogP contribution in [-0.2, 0) is 11.3 Å². The molecule has 1 amide bonds. The number of benzene rings is 3. The molecule has 3 aromatic carbocycles. The first-order valence-electron chi connectivity index (χ1n) is 10.9. The molecule has 1 aliphatic rings. The van der Waals surface area contributed by atoms with Crippen LogP contribution >= 0.6 is 11.6 Å². The Morgan fingerprint density at radius 1 is 0.914 bits per heavy atom. The van der Waals surface area contributed by atoms with Crippen LogP contribution in [0.5, 0.6) is 0 Å². The van der Waals surface area contributed by atoms with E-state index in [4.69, 9.17) is 21.5 Å². The zero-order valence-corrected chi connectivity index (χ0v) is 19.4. The number of likely N-dealkylation sites (tertiary alicyclic amines) is 1. The van der Waals surface area contributed by atoms with Crippen molar-refractivity contribution in [2.45, 2.75) is 25.6 Å². The predicted molar refractivity (Wildman–Crippen MR) is 129 cm³/mol. The third kappa shape index (κ3) is 8.12. The second kappa shape index (κ2) is 11.9. The predicted octanol–water partition coefficient (Wildman–Crippen LogP) is 6.49. The number of rotatable bonds is 5. The molecule has 4 rings (SSSR count). The van der Waals surface area contributed by atoms with Crippen molar-refractivity contribution in [3.05, 3.63) is 88.9 Å². The lowest BCUT2D eigenvalue weighted by atomic mass is 10.0. The quantitative estimate of drug-likeness (QED) is 0.417. The Hall–Kier alpha value is -3.36. The monoisotopic (exact) mass is 504 g/mol. The van der Waals surface area contributed by atoms with Gasteiger partial charge in [0.25, 0.3) is 5.91 Å². The number of aliphatic carboxylic acids is 1. The molecule has 1 heterocycles. The van der Waals surface area contributed by atoms with Gasteiger partial charge in [-0.15, -0.1) is 0 Å². The van der Waals surface area contributed by atoms with Crippen molar-refractivity contribution >= 4 is 29.2 Å². The van der Waals surface area contributed by atoms with Crippen molar-refractivity contribution in [3.63, 3.8) is 0 Å². The van der Waals surface area contributed by atoms with Crippen LogP contribution in [0, 0.1) is 0 Å². The first-order chi connectivity index (χ1) is 16.6. The summed E-state index contributed by atoms with van der Waals surface area (Å²) in [5, 5.41) is 10.6. The summed E-state index contributed by atoms with van der Waals surface area (Å²) in [5.74, 6) is -2.92. The summed E-state index contributed by atoms with van der Waals surface area (Å²) in [7, 11) is 0. The molecule has 0 unspecified atom stereocenters. The molecule has 0 atom stereocenters. The summed E-state index contributed by atoms with van der Waals surface area (Å²) in [5.41, 5.74) is 4.88. The average Bonchev–Trinajstić information content (AvgIpc) is 3.33. The van der Waals surface area contributed by atoms with Gasteiger partial charge in [-0.1, -0.05) is 54.1 Å². The number of amides is 1. The highest BCUT2D eigenvalue weighted by Crippen LogP contribution is 2.24. The van der Waals surface area contributed by atoms with E-state index >= 15 is 0 Å². The van der Waals surface area contributed by atoms with Crippen molar-refractivity contribution in [1.29, 1.82) is 0 Å². The largest absolute Gasteiger partial charge is 0.490 e. The van der Waals surface area contributed by atoms with Gasteiger partial charge in [0, 0.05) is 22.8 Å². The molecule has 0 aromatic heterocycles. The molecule has 0 saturated carbocycles. The molecule has 184 valence electrons. The lowest BCUT2D eigenvalue weighted by Gasteiger charge is -2.15. The second-order valence-electron chi connectivity index (χ2n) is 8.03. The van der Waals surface area contributed by atoms with Crippen molar-refractivity contribution in [1.82, 2.24) is 4.90 Å². The van der Waals surface area contributed by atoms with Crippen LogP contribution in [0.25, 0.3) is 11.1 Å². The minimum absolute atomic E-state index is 0.166. The fourth-order valence-corrected chi connectivity index (χ4v) is 3.80. The van der Waals surface area contributed by atoms with Gasteiger partial charge in [0.15, 0.2) is 0 Å². The second-order valence-corrected chi connectivity index (χ2v) is 8.46. The molecule has 0 bridgehead atoms. The molecule has 35 heavy (non-hydrogen) atoms. The van der Waals surface area contributed by atoms with E-state index < -0.39 is 12.1 Å². The summed E-state index contributed by atoms with van der Waals surface area (Å²) < 4.78 is 31.7. The number of carboxylic acids is 1. The summed E-state index contributed by atoms with van der Waals surface area (Å²) in [4.78, 5) is 23.8. The minimum atomic E-state index is -5.08. The highest BCUT2D eigenvalue weighted by molar-refractivity contribution is 6.31.